The van der Waals surface area contributed by atoms with Gasteiger partial charge in [-0.2, -0.15) is 0 Å². The molecule has 0 saturated heterocycles. The summed E-state index contributed by atoms with van der Waals surface area (Å²) in [5.41, 5.74) is -0.910. The van der Waals surface area contributed by atoms with E-state index in [-0.39, 0.29) is 0 Å². The van der Waals surface area contributed by atoms with Crippen LogP contribution in [-0.4, -0.2) is 36.2 Å². The number of hydrogen-bond donors (Lipinski definition) is 2. The van der Waals surface area contributed by atoms with Gasteiger partial charge < -0.3 is 15.2 Å². The molecule has 12 heavy (non-hydrogen) atoms. The molecule has 0 spiro atoms. The molecule has 0 heterocycles. The summed E-state index contributed by atoms with van der Waals surface area (Å²) in [4.78, 5) is 20.6. The minimum Gasteiger partial charge on any atom is -0.480 e. The van der Waals surface area contributed by atoms with Gasteiger partial charge in [0.1, 0.15) is 0 Å². The molecule has 5 heteroatoms. The number of rotatable bonds is 5. The Balaban J connectivity index is 4.48. The molecular weight excluding hydrogens is 162 g/mol. The van der Waals surface area contributed by atoms with Gasteiger partial charge in [-0.15, -0.1) is 0 Å². The normalized spacial score (nSPS) is 13.6. The van der Waals surface area contributed by atoms with Crippen LogP contribution < -0.4 is 5.32 Å². The van der Waals surface area contributed by atoms with Crippen LogP contribution in [0.15, 0.2) is 0 Å². The third-order valence-electron chi connectivity index (χ3n) is 1.70. The summed E-state index contributed by atoms with van der Waals surface area (Å²) in [5, 5.41) is 10.8. The fraction of sp³-hybridized carbons (Fsp3) is 0.714. The van der Waals surface area contributed by atoms with Gasteiger partial charge in [0.2, 0.25) is 6.41 Å². The molecule has 0 aromatic carbocycles. The fourth-order valence-electron chi connectivity index (χ4n) is 0.755. The zero-order valence-corrected chi connectivity index (χ0v) is 7.33. The standard InChI is InChI=1S/C7H13NO4/c1-7(2,12-3)5(6(10)11)8-4-9/h4-5H,1-3H3,(H,8,9)(H,10,11)/t5-/m1/s1. The smallest absolute Gasteiger partial charge is 0.329 e. The first-order chi connectivity index (χ1) is 5.45. The highest BCUT2D eigenvalue weighted by Crippen LogP contribution is 2.13. The number of hydrogen-bond acceptors (Lipinski definition) is 3. The fourth-order valence-corrected chi connectivity index (χ4v) is 0.755. The van der Waals surface area contributed by atoms with Crippen molar-refractivity contribution >= 4 is 12.4 Å². The monoisotopic (exact) mass is 175 g/mol. The van der Waals surface area contributed by atoms with Crippen LogP contribution in [0.2, 0.25) is 0 Å². The Morgan fingerprint density at radius 1 is 1.67 bits per heavy atom. The minimum absolute atomic E-state index is 0.347. The lowest BCUT2D eigenvalue weighted by Crippen LogP contribution is -2.52. The van der Waals surface area contributed by atoms with Crippen molar-refractivity contribution in [1.82, 2.24) is 5.32 Å². The first-order valence-electron chi connectivity index (χ1n) is 3.43. The largest absolute Gasteiger partial charge is 0.480 e. The molecule has 1 amide bonds. The predicted molar refractivity (Wildman–Crippen MR) is 41.7 cm³/mol. The second-order valence-electron chi connectivity index (χ2n) is 2.86. The van der Waals surface area contributed by atoms with E-state index in [1.807, 2.05) is 0 Å². The van der Waals surface area contributed by atoms with Crippen molar-refractivity contribution in [3.05, 3.63) is 0 Å². The number of carboxylic acid groups (broad SMARTS) is 1. The van der Waals surface area contributed by atoms with Crippen LogP contribution in [0.4, 0.5) is 0 Å². The number of carboxylic acids is 1. The highest BCUT2D eigenvalue weighted by Gasteiger charge is 2.34. The summed E-state index contributed by atoms with van der Waals surface area (Å²) >= 11 is 0. The molecule has 0 rings (SSSR count). The summed E-state index contributed by atoms with van der Waals surface area (Å²) < 4.78 is 4.91. The van der Waals surface area contributed by atoms with E-state index in [0.717, 1.165) is 0 Å². The second-order valence-corrected chi connectivity index (χ2v) is 2.86. The second kappa shape index (κ2) is 4.06. The van der Waals surface area contributed by atoms with Gasteiger partial charge in [-0.1, -0.05) is 0 Å². The minimum atomic E-state index is -1.12. The van der Waals surface area contributed by atoms with Crippen LogP contribution in [-0.2, 0) is 14.3 Å². The highest BCUT2D eigenvalue weighted by atomic mass is 16.5. The van der Waals surface area contributed by atoms with Crippen LogP contribution in [0.1, 0.15) is 13.8 Å². The maximum absolute atomic E-state index is 10.6. The van der Waals surface area contributed by atoms with Gasteiger partial charge in [0.25, 0.3) is 0 Å². The number of carbonyl (C=O) groups excluding carboxylic acids is 1. The number of aliphatic carboxylic acids is 1. The maximum atomic E-state index is 10.6. The van der Waals surface area contributed by atoms with E-state index >= 15 is 0 Å². The van der Waals surface area contributed by atoms with Gasteiger partial charge in [-0.25, -0.2) is 4.79 Å². The summed E-state index contributed by atoms with van der Waals surface area (Å²) in [6.45, 7) is 3.17. The average Bonchev–Trinajstić information content (AvgIpc) is 1.99. The molecule has 0 fully saturated rings. The van der Waals surface area contributed by atoms with Crippen molar-refractivity contribution < 1.29 is 19.4 Å². The SMILES string of the molecule is COC(C)(C)[C@H](NC=O)C(=O)O. The lowest BCUT2D eigenvalue weighted by molar-refractivity contribution is -0.148. The van der Waals surface area contributed by atoms with Gasteiger partial charge in [-0.05, 0) is 13.8 Å². The molecule has 1 atom stereocenters. The molecule has 5 nitrogen and oxygen atoms in total. The van der Waals surface area contributed by atoms with Crippen molar-refractivity contribution in [1.29, 1.82) is 0 Å². The summed E-state index contributed by atoms with van der Waals surface area (Å²) in [6.07, 6.45) is 0.347. The summed E-state index contributed by atoms with van der Waals surface area (Å²) in [5.74, 6) is -1.12. The predicted octanol–water partition coefficient (Wildman–Crippen LogP) is -0.389. The van der Waals surface area contributed by atoms with Crippen LogP contribution >= 0.6 is 0 Å². The molecule has 0 aromatic heterocycles. The molecule has 0 bridgehead atoms. The Hall–Kier alpha value is -1.10. The van der Waals surface area contributed by atoms with Crippen LogP contribution in [0, 0.1) is 0 Å². The third-order valence-corrected chi connectivity index (χ3v) is 1.70. The van der Waals surface area contributed by atoms with Crippen molar-refractivity contribution in [3.8, 4) is 0 Å². The zero-order valence-electron chi connectivity index (χ0n) is 7.33. The highest BCUT2D eigenvalue weighted by molar-refractivity contribution is 5.77. The lowest BCUT2D eigenvalue weighted by Gasteiger charge is -2.29. The summed E-state index contributed by atoms with van der Waals surface area (Å²) in [7, 11) is 1.39. The number of methoxy groups -OCH3 is 1. The molecule has 2 N–H and O–H groups in total. The molecule has 0 aliphatic rings. The van der Waals surface area contributed by atoms with Crippen LogP contribution in [0.25, 0.3) is 0 Å². The number of carbonyl (C=O) groups is 2. The Morgan fingerprint density at radius 3 is 2.42 bits per heavy atom. The molecular formula is C7H13NO4. The van der Waals surface area contributed by atoms with E-state index < -0.39 is 17.6 Å². The molecule has 0 unspecified atom stereocenters. The van der Waals surface area contributed by atoms with Gasteiger partial charge in [0.15, 0.2) is 6.04 Å². The van der Waals surface area contributed by atoms with Gasteiger partial charge in [-0.3, -0.25) is 4.79 Å². The maximum Gasteiger partial charge on any atom is 0.329 e. The summed E-state index contributed by atoms with van der Waals surface area (Å²) in [6, 6.07) is -1.03. The van der Waals surface area contributed by atoms with Crippen molar-refractivity contribution in [2.45, 2.75) is 25.5 Å². The quantitative estimate of drug-likeness (QED) is 0.558. The lowest BCUT2D eigenvalue weighted by atomic mass is 9.99. The van der Waals surface area contributed by atoms with E-state index in [1.165, 1.54) is 7.11 Å². The van der Waals surface area contributed by atoms with E-state index in [4.69, 9.17) is 9.84 Å². The van der Waals surface area contributed by atoms with Crippen molar-refractivity contribution in [2.75, 3.05) is 7.11 Å². The Kier molecular flexibility index (Phi) is 3.69. The molecule has 0 saturated carbocycles. The Morgan fingerprint density at radius 2 is 2.17 bits per heavy atom. The Bertz CT molecular complexity index is 178. The molecule has 70 valence electrons. The van der Waals surface area contributed by atoms with Crippen LogP contribution in [0.5, 0.6) is 0 Å². The van der Waals surface area contributed by atoms with Gasteiger partial charge >= 0.3 is 5.97 Å². The topological polar surface area (TPSA) is 75.6 Å². The average molecular weight is 175 g/mol. The number of amides is 1. The van der Waals surface area contributed by atoms with Gasteiger partial charge in [0, 0.05) is 7.11 Å². The first kappa shape index (κ1) is 10.9. The first-order valence-corrected chi connectivity index (χ1v) is 3.43. The van der Waals surface area contributed by atoms with E-state index in [9.17, 15) is 9.59 Å². The van der Waals surface area contributed by atoms with E-state index in [1.54, 1.807) is 13.8 Å². The molecule has 0 aliphatic heterocycles. The third kappa shape index (κ3) is 2.50. The number of nitrogens with one attached hydrogen (secondary N) is 1. The van der Waals surface area contributed by atoms with Crippen molar-refractivity contribution in [2.24, 2.45) is 0 Å². The van der Waals surface area contributed by atoms with E-state index in [0.29, 0.717) is 6.41 Å². The zero-order chi connectivity index (χ0) is 9.78. The molecule has 0 aliphatic carbocycles. The molecule has 0 radical (unpaired) electrons. The van der Waals surface area contributed by atoms with Crippen molar-refractivity contribution in [3.63, 3.8) is 0 Å². The van der Waals surface area contributed by atoms with Crippen LogP contribution in [0.3, 0.4) is 0 Å². The van der Waals surface area contributed by atoms with Gasteiger partial charge in [0.05, 0.1) is 5.60 Å². The Labute approximate surface area is 70.7 Å². The number of ether oxygens (including phenoxy) is 1. The van der Waals surface area contributed by atoms with E-state index in [2.05, 4.69) is 5.32 Å². The molecule has 0 aromatic rings.